The normalized spacial score (nSPS) is 11.7. The molecule has 0 bridgehead atoms. The Morgan fingerprint density at radius 1 is 1.28 bits per heavy atom. The van der Waals surface area contributed by atoms with E-state index < -0.39 is 6.10 Å². The summed E-state index contributed by atoms with van der Waals surface area (Å²) in [7, 11) is 0. The molecule has 18 heavy (non-hydrogen) atoms. The van der Waals surface area contributed by atoms with Crippen LogP contribution >= 0.6 is 12.2 Å². The van der Waals surface area contributed by atoms with Crippen molar-refractivity contribution >= 4 is 23.2 Å². The van der Waals surface area contributed by atoms with E-state index in [9.17, 15) is 4.79 Å². The molecule has 1 atom stereocenters. The summed E-state index contributed by atoms with van der Waals surface area (Å²) in [6.45, 7) is 7.07. The fraction of sp³-hybridized carbons (Fsp3) is 0.429. The second-order valence-corrected chi connectivity index (χ2v) is 4.31. The molecule has 0 aliphatic rings. The van der Waals surface area contributed by atoms with Gasteiger partial charge in [0.05, 0.1) is 0 Å². The Balaban J connectivity index is 2.82. The quantitative estimate of drug-likeness (QED) is 0.766. The van der Waals surface area contributed by atoms with Crippen LogP contribution in [0.15, 0.2) is 30.3 Å². The first kappa shape index (κ1) is 14.6. The maximum absolute atomic E-state index is 11.7. The van der Waals surface area contributed by atoms with Crippen molar-refractivity contribution in [1.82, 2.24) is 4.90 Å². The van der Waals surface area contributed by atoms with Crippen molar-refractivity contribution in [2.24, 2.45) is 0 Å². The number of carbonyl (C=O) groups is 1. The van der Waals surface area contributed by atoms with Gasteiger partial charge in [-0.3, -0.25) is 4.79 Å². The molecule has 0 aliphatic carbocycles. The van der Waals surface area contributed by atoms with Gasteiger partial charge in [-0.05, 0) is 38.6 Å². The first-order valence-electron chi connectivity index (χ1n) is 6.11. The highest BCUT2D eigenvalue weighted by molar-refractivity contribution is 7.80. The zero-order chi connectivity index (χ0) is 13.5. The van der Waals surface area contributed by atoms with Crippen LogP contribution in [0, 0.1) is 0 Å². The first-order chi connectivity index (χ1) is 8.60. The predicted molar refractivity (Wildman–Crippen MR) is 76.5 cm³/mol. The van der Waals surface area contributed by atoms with Crippen molar-refractivity contribution in [1.29, 1.82) is 0 Å². The van der Waals surface area contributed by atoms with Crippen LogP contribution in [0.5, 0.6) is 0 Å². The first-order valence-corrected chi connectivity index (χ1v) is 6.51. The van der Waals surface area contributed by atoms with Gasteiger partial charge in [0.1, 0.15) is 0 Å². The number of thiocarbonyl (C=S) groups is 1. The molecule has 1 unspecified atom stereocenters. The Morgan fingerprint density at radius 3 is 2.28 bits per heavy atom. The highest BCUT2D eigenvalue weighted by atomic mass is 32.1. The third kappa shape index (κ3) is 3.81. The van der Waals surface area contributed by atoms with Crippen molar-refractivity contribution in [2.75, 3.05) is 13.1 Å². The van der Waals surface area contributed by atoms with E-state index in [2.05, 4.69) is 0 Å². The summed E-state index contributed by atoms with van der Waals surface area (Å²) in [5.74, 6) is -0.0456. The Kier molecular flexibility index (Phi) is 5.78. The molecule has 0 saturated heterocycles. The zero-order valence-electron chi connectivity index (χ0n) is 11.1. The number of hydrogen-bond donors (Lipinski definition) is 0. The summed E-state index contributed by atoms with van der Waals surface area (Å²) in [6.07, 6.45) is -0.612. The lowest BCUT2D eigenvalue weighted by Gasteiger charge is -2.25. The van der Waals surface area contributed by atoms with Gasteiger partial charge in [0.25, 0.3) is 5.17 Å². The molecule has 3 nitrogen and oxygen atoms in total. The third-order valence-corrected chi connectivity index (χ3v) is 3.07. The van der Waals surface area contributed by atoms with E-state index in [0.29, 0.717) is 5.17 Å². The van der Waals surface area contributed by atoms with Crippen molar-refractivity contribution in [3.63, 3.8) is 0 Å². The smallest absolute Gasteiger partial charge is 0.260 e. The summed E-state index contributed by atoms with van der Waals surface area (Å²) in [5, 5.41) is 0.379. The van der Waals surface area contributed by atoms with Gasteiger partial charge < -0.3 is 9.64 Å². The Hall–Kier alpha value is -1.42. The topological polar surface area (TPSA) is 29.5 Å². The Bertz CT molecular complexity index is 402. The molecule has 98 valence electrons. The van der Waals surface area contributed by atoms with Crippen molar-refractivity contribution in [2.45, 2.75) is 26.9 Å². The summed E-state index contributed by atoms with van der Waals surface area (Å²) in [6, 6.07) is 9.42. The molecule has 0 aliphatic heterocycles. The van der Waals surface area contributed by atoms with E-state index in [-0.39, 0.29) is 5.78 Å². The van der Waals surface area contributed by atoms with Gasteiger partial charge in [0, 0.05) is 13.1 Å². The average molecular weight is 265 g/mol. The van der Waals surface area contributed by atoms with Gasteiger partial charge in [-0.25, -0.2) is 0 Å². The second-order valence-electron chi connectivity index (χ2n) is 3.96. The number of nitrogens with zero attached hydrogens (tertiary/aromatic N) is 1. The van der Waals surface area contributed by atoms with Crippen molar-refractivity contribution in [3.05, 3.63) is 35.9 Å². The van der Waals surface area contributed by atoms with E-state index in [1.54, 1.807) is 0 Å². The molecule has 0 radical (unpaired) electrons. The molecule has 4 heteroatoms. The minimum absolute atomic E-state index is 0.0456. The molecule has 1 rings (SSSR count). The van der Waals surface area contributed by atoms with Gasteiger partial charge >= 0.3 is 0 Å². The van der Waals surface area contributed by atoms with Crippen LogP contribution in [0.2, 0.25) is 0 Å². The number of ether oxygens (including phenoxy) is 1. The van der Waals surface area contributed by atoms with Crippen LogP contribution in [0.1, 0.15) is 32.4 Å². The number of hydrogen-bond acceptors (Lipinski definition) is 3. The zero-order valence-corrected chi connectivity index (χ0v) is 11.9. The van der Waals surface area contributed by atoms with Crippen molar-refractivity contribution < 1.29 is 9.53 Å². The molecule has 1 aromatic rings. The minimum Gasteiger partial charge on any atom is -0.455 e. The molecule has 0 amide bonds. The molecule has 0 spiro atoms. The molecule has 0 N–H and O–H groups in total. The molecule has 0 saturated carbocycles. The molecular formula is C14H19NO2S. The lowest BCUT2D eigenvalue weighted by Crippen LogP contribution is -2.33. The standard InChI is InChI=1S/C14H19NO2S/c1-4-15(5-2)14(18)17-13(11(3)16)12-9-7-6-8-10-12/h6-10,13H,4-5H2,1-3H3. The van der Waals surface area contributed by atoms with E-state index in [1.165, 1.54) is 6.92 Å². The van der Waals surface area contributed by atoms with Crippen LogP contribution in [-0.4, -0.2) is 28.9 Å². The minimum atomic E-state index is -0.612. The second kappa shape index (κ2) is 7.11. The van der Waals surface area contributed by atoms with Crippen LogP contribution in [0.4, 0.5) is 0 Å². The highest BCUT2D eigenvalue weighted by Crippen LogP contribution is 2.19. The molecule has 0 fully saturated rings. The SMILES string of the molecule is CCN(CC)C(=S)OC(C(C)=O)c1ccccc1. The summed E-state index contributed by atoms with van der Waals surface area (Å²) < 4.78 is 5.65. The van der Waals surface area contributed by atoms with Crippen LogP contribution in [-0.2, 0) is 9.53 Å². The van der Waals surface area contributed by atoms with Crippen LogP contribution in [0.3, 0.4) is 0 Å². The van der Waals surface area contributed by atoms with E-state index in [4.69, 9.17) is 17.0 Å². The van der Waals surface area contributed by atoms with Gasteiger partial charge in [0.15, 0.2) is 11.9 Å². The number of rotatable bonds is 5. The van der Waals surface area contributed by atoms with Crippen LogP contribution in [0.25, 0.3) is 0 Å². The van der Waals surface area contributed by atoms with Crippen LogP contribution < -0.4 is 0 Å². The lowest BCUT2D eigenvalue weighted by atomic mass is 10.1. The van der Waals surface area contributed by atoms with Gasteiger partial charge in [-0.15, -0.1) is 0 Å². The maximum atomic E-state index is 11.7. The Labute approximate surface area is 114 Å². The summed E-state index contributed by atoms with van der Waals surface area (Å²) in [5.41, 5.74) is 0.833. The highest BCUT2D eigenvalue weighted by Gasteiger charge is 2.21. The monoisotopic (exact) mass is 265 g/mol. The molecule has 1 aromatic carbocycles. The van der Waals surface area contributed by atoms with Gasteiger partial charge in [-0.2, -0.15) is 0 Å². The van der Waals surface area contributed by atoms with E-state index in [1.807, 2.05) is 49.1 Å². The third-order valence-electron chi connectivity index (χ3n) is 2.71. The number of benzene rings is 1. The fourth-order valence-corrected chi connectivity index (χ4v) is 2.03. The van der Waals surface area contributed by atoms with E-state index in [0.717, 1.165) is 18.7 Å². The van der Waals surface area contributed by atoms with E-state index >= 15 is 0 Å². The lowest BCUT2D eigenvalue weighted by molar-refractivity contribution is -0.124. The molecule has 0 aromatic heterocycles. The number of Topliss-reactive ketones (excluding diaryl/α,β-unsaturated/α-hetero) is 1. The van der Waals surface area contributed by atoms with Gasteiger partial charge in [0.2, 0.25) is 0 Å². The molecule has 0 heterocycles. The summed E-state index contributed by atoms with van der Waals surface area (Å²) >= 11 is 5.22. The summed E-state index contributed by atoms with van der Waals surface area (Å²) in [4.78, 5) is 13.6. The number of carbonyl (C=O) groups excluding carboxylic acids is 1. The average Bonchev–Trinajstić information content (AvgIpc) is 2.38. The fourth-order valence-electron chi connectivity index (χ4n) is 1.67. The van der Waals surface area contributed by atoms with Gasteiger partial charge in [-0.1, -0.05) is 30.3 Å². The van der Waals surface area contributed by atoms with Crippen molar-refractivity contribution in [3.8, 4) is 0 Å². The largest absolute Gasteiger partial charge is 0.455 e. The predicted octanol–water partition coefficient (Wildman–Crippen LogP) is 2.96. The maximum Gasteiger partial charge on any atom is 0.260 e. The molecular weight excluding hydrogens is 246 g/mol. The number of ketones is 1. The Morgan fingerprint density at radius 2 is 1.83 bits per heavy atom.